The van der Waals surface area contributed by atoms with Crippen LogP contribution in [-0.4, -0.2) is 17.2 Å². The Kier molecular flexibility index (Phi) is 8.60. The van der Waals surface area contributed by atoms with Gasteiger partial charge >= 0.3 is 0 Å². The number of ketones is 1. The Morgan fingerprint density at radius 1 is 1.04 bits per heavy atom. The third-order valence-electron chi connectivity index (χ3n) is 4.34. The van der Waals surface area contributed by atoms with E-state index in [2.05, 4.69) is 11.6 Å². The second-order valence-electron chi connectivity index (χ2n) is 8.81. The molecule has 0 amide bonds. The van der Waals surface area contributed by atoms with Crippen LogP contribution in [0.15, 0.2) is 42.0 Å². The van der Waals surface area contributed by atoms with E-state index < -0.39 is 5.41 Å². The van der Waals surface area contributed by atoms with Gasteiger partial charge in [-0.05, 0) is 31.1 Å². The first kappa shape index (κ1) is 23.7. The van der Waals surface area contributed by atoms with E-state index in [1.54, 1.807) is 12.2 Å². The lowest BCUT2D eigenvalue weighted by Crippen LogP contribution is -2.23. The molecule has 1 N–H and O–H groups in total. The second-order valence-corrected chi connectivity index (χ2v) is 8.81. The van der Waals surface area contributed by atoms with Gasteiger partial charge in [0.1, 0.15) is 0 Å². The minimum absolute atomic E-state index is 0.0762. The highest BCUT2D eigenvalue weighted by atomic mass is 16.1. The summed E-state index contributed by atoms with van der Waals surface area (Å²) in [5.74, 6) is 0.0762. The Labute approximate surface area is 158 Å². The highest BCUT2D eigenvalue weighted by molar-refractivity contribution is 6.00. The minimum atomic E-state index is -0.397. The minimum Gasteiger partial charge on any atom is -0.305 e. The summed E-state index contributed by atoms with van der Waals surface area (Å²) in [6.07, 6.45) is 11.9. The molecule has 0 rings (SSSR count). The highest BCUT2D eigenvalue weighted by Gasteiger charge is 2.24. The molecule has 0 saturated carbocycles. The largest absolute Gasteiger partial charge is 0.305 e. The van der Waals surface area contributed by atoms with Crippen LogP contribution in [-0.2, 0) is 4.79 Å². The van der Waals surface area contributed by atoms with Crippen molar-refractivity contribution >= 4 is 17.2 Å². The Morgan fingerprint density at radius 3 is 2.00 bits per heavy atom. The normalized spacial score (nSPS) is 13.8. The number of nitrogens with zero attached hydrogens (tertiary/aromatic N) is 2. The fraction of sp³-hybridized carbons (Fsp3) is 0.545. The van der Waals surface area contributed by atoms with E-state index in [1.165, 1.54) is 0 Å². The van der Waals surface area contributed by atoms with Crippen LogP contribution >= 0.6 is 0 Å². The van der Waals surface area contributed by atoms with E-state index in [-0.39, 0.29) is 16.6 Å². The molecule has 0 aromatic carbocycles. The average molecular weight is 356 g/mol. The number of carbonyl (C=O) groups is 1. The van der Waals surface area contributed by atoms with Crippen LogP contribution < -0.4 is 0 Å². The first-order valence-electron chi connectivity index (χ1n) is 8.84. The molecule has 0 radical (unpaired) electrons. The lowest BCUT2D eigenvalue weighted by molar-refractivity contribution is -0.121. The van der Waals surface area contributed by atoms with Crippen LogP contribution in [0.5, 0.6) is 0 Å². The smallest absolute Gasteiger partial charge is 0.205 e. The van der Waals surface area contributed by atoms with Gasteiger partial charge in [-0.1, -0.05) is 67.2 Å². The second kappa shape index (κ2) is 9.43. The van der Waals surface area contributed by atoms with Gasteiger partial charge in [-0.15, -0.1) is 0 Å². The molecule has 142 valence electrons. The first-order chi connectivity index (χ1) is 11.8. The zero-order chi connectivity index (χ0) is 20.6. The number of hydrogen-bond donors (Lipinski definition) is 1. The summed E-state index contributed by atoms with van der Waals surface area (Å²) in [7, 11) is 0. The van der Waals surface area contributed by atoms with Crippen LogP contribution in [0, 0.1) is 33.1 Å². The quantitative estimate of drug-likeness (QED) is 0.328. The summed E-state index contributed by atoms with van der Waals surface area (Å²) in [6.45, 7) is 17.3. The molecule has 0 heterocycles. The van der Waals surface area contributed by atoms with E-state index in [0.29, 0.717) is 24.3 Å². The maximum Gasteiger partial charge on any atom is 0.205 e. The predicted octanol–water partition coefficient (Wildman–Crippen LogP) is 5.67. The molecular weight excluding hydrogens is 322 g/mol. The fourth-order valence-corrected chi connectivity index (χ4v) is 2.13. The molecule has 0 atom stereocenters. The number of nitriles is 1. The van der Waals surface area contributed by atoms with Crippen molar-refractivity contribution in [2.45, 2.75) is 61.3 Å². The van der Waals surface area contributed by atoms with E-state index in [0.717, 1.165) is 0 Å². The standard InChI is InChI=1S/C22H33N3O/c1-9-17(24)21(5,6)14-10-12-18(25-16-23)22(7,8)15-11-13-19(26)20(2,3)4/h9-13,24H,1,14-15H2,2-8H3/b12-10+,13-11+,24-17?,25-18?. The number of carbonyl (C=O) groups excluding carboxylic acids is 1. The predicted molar refractivity (Wildman–Crippen MR) is 111 cm³/mol. The molecule has 4 nitrogen and oxygen atoms in total. The van der Waals surface area contributed by atoms with Gasteiger partial charge in [0, 0.05) is 22.0 Å². The summed E-state index contributed by atoms with van der Waals surface area (Å²) in [4.78, 5) is 16.0. The molecule has 4 heteroatoms. The Morgan fingerprint density at radius 2 is 1.54 bits per heavy atom. The number of rotatable bonds is 9. The van der Waals surface area contributed by atoms with Gasteiger partial charge in [0.15, 0.2) is 5.78 Å². The van der Waals surface area contributed by atoms with Crippen LogP contribution in [0.25, 0.3) is 0 Å². The van der Waals surface area contributed by atoms with Gasteiger partial charge in [0.05, 0.1) is 5.71 Å². The third kappa shape index (κ3) is 7.74. The van der Waals surface area contributed by atoms with Gasteiger partial charge in [0.25, 0.3) is 0 Å². The summed E-state index contributed by atoms with van der Waals surface area (Å²) < 4.78 is 0. The van der Waals surface area contributed by atoms with E-state index in [4.69, 9.17) is 10.7 Å². The lowest BCUT2D eigenvalue weighted by atomic mass is 9.80. The van der Waals surface area contributed by atoms with Crippen molar-refractivity contribution < 1.29 is 4.79 Å². The average Bonchev–Trinajstić information content (AvgIpc) is 2.51. The molecule has 0 unspecified atom stereocenters. The number of nitrogens with one attached hydrogen (secondary N) is 1. The SMILES string of the molecule is C=CC(=N)C(C)(C)C/C=C/C(=NC#N)C(C)(C)C/C=C/C(=O)C(C)(C)C. The van der Waals surface area contributed by atoms with E-state index >= 15 is 0 Å². The molecule has 0 aliphatic heterocycles. The maximum absolute atomic E-state index is 12.0. The van der Waals surface area contributed by atoms with Crippen LogP contribution in [0.1, 0.15) is 61.3 Å². The number of allylic oxidation sites excluding steroid dienone is 5. The fourth-order valence-electron chi connectivity index (χ4n) is 2.13. The van der Waals surface area contributed by atoms with Crippen molar-refractivity contribution in [3.8, 4) is 6.19 Å². The van der Waals surface area contributed by atoms with Crippen molar-refractivity contribution in [3.63, 3.8) is 0 Å². The molecule has 0 aromatic heterocycles. The van der Waals surface area contributed by atoms with Gasteiger partial charge in [-0.2, -0.15) is 10.3 Å². The van der Waals surface area contributed by atoms with Crippen molar-refractivity contribution in [1.82, 2.24) is 0 Å². The van der Waals surface area contributed by atoms with Crippen LogP contribution in [0.3, 0.4) is 0 Å². The molecule has 0 fully saturated rings. The van der Waals surface area contributed by atoms with Gasteiger partial charge in [0.2, 0.25) is 6.19 Å². The Bertz CT molecular complexity index is 662. The van der Waals surface area contributed by atoms with Gasteiger partial charge < -0.3 is 5.41 Å². The van der Waals surface area contributed by atoms with Crippen LogP contribution in [0.2, 0.25) is 0 Å². The lowest BCUT2D eigenvalue weighted by Gasteiger charge is -2.24. The summed E-state index contributed by atoms with van der Waals surface area (Å²) in [5.41, 5.74) is 0.0409. The molecular formula is C22H33N3O. The summed E-state index contributed by atoms with van der Waals surface area (Å²) in [5, 5.41) is 17.0. The first-order valence-corrected chi connectivity index (χ1v) is 8.84. The maximum atomic E-state index is 12.0. The molecule has 26 heavy (non-hydrogen) atoms. The van der Waals surface area contributed by atoms with E-state index in [1.807, 2.05) is 72.9 Å². The zero-order valence-corrected chi connectivity index (χ0v) is 17.3. The molecule has 0 saturated heterocycles. The zero-order valence-electron chi connectivity index (χ0n) is 17.3. The summed E-state index contributed by atoms with van der Waals surface area (Å²) in [6, 6.07) is 0. The highest BCUT2D eigenvalue weighted by Crippen LogP contribution is 2.27. The number of hydrogen-bond acceptors (Lipinski definition) is 4. The molecule has 0 aliphatic carbocycles. The van der Waals surface area contributed by atoms with Gasteiger partial charge in [-0.3, -0.25) is 4.79 Å². The molecule has 0 aromatic rings. The topological polar surface area (TPSA) is 77.1 Å². The third-order valence-corrected chi connectivity index (χ3v) is 4.34. The van der Waals surface area contributed by atoms with Crippen molar-refractivity contribution in [2.24, 2.45) is 21.2 Å². The molecule has 0 spiro atoms. The monoisotopic (exact) mass is 355 g/mol. The molecule has 0 bridgehead atoms. The molecule has 0 aliphatic rings. The van der Waals surface area contributed by atoms with Crippen molar-refractivity contribution in [2.75, 3.05) is 0 Å². The van der Waals surface area contributed by atoms with Gasteiger partial charge in [-0.25, -0.2) is 0 Å². The summed E-state index contributed by atoms with van der Waals surface area (Å²) >= 11 is 0. The van der Waals surface area contributed by atoms with Crippen molar-refractivity contribution in [3.05, 3.63) is 37.0 Å². The van der Waals surface area contributed by atoms with Crippen molar-refractivity contribution in [1.29, 1.82) is 10.7 Å². The van der Waals surface area contributed by atoms with Crippen LogP contribution in [0.4, 0.5) is 0 Å². The van der Waals surface area contributed by atoms with E-state index in [9.17, 15) is 4.79 Å². The Balaban J connectivity index is 5.22. The Hall–Kier alpha value is -2.28. The number of aliphatic imine (C=N–C) groups is 1.